The Balaban J connectivity index is 2.41. The van der Waals surface area contributed by atoms with Gasteiger partial charge in [-0.3, -0.25) is 4.68 Å². The highest BCUT2D eigenvalue weighted by Crippen LogP contribution is 2.31. The quantitative estimate of drug-likeness (QED) is 0.912. The van der Waals surface area contributed by atoms with Crippen LogP contribution in [0.25, 0.3) is 0 Å². The van der Waals surface area contributed by atoms with Crippen molar-refractivity contribution in [1.29, 1.82) is 5.26 Å². The van der Waals surface area contributed by atoms with E-state index in [1.807, 2.05) is 38.1 Å². The van der Waals surface area contributed by atoms with Gasteiger partial charge in [0, 0.05) is 19.8 Å². The molecule has 1 aromatic carbocycles. The lowest BCUT2D eigenvalue weighted by molar-refractivity contribution is 0.741. The van der Waals surface area contributed by atoms with Gasteiger partial charge < -0.3 is 10.6 Å². The minimum atomic E-state index is 0.643. The molecule has 0 aliphatic carbocycles. The first kappa shape index (κ1) is 13.0. The largest absolute Gasteiger partial charge is 0.394 e. The number of benzene rings is 1. The summed E-state index contributed by atoms with van der Waals surface area (Å²) in [7, 11) is 3.82. The highest BCUT2D eigenvalue weighted by molar-refractivity contribution is 5.73. The summed E-state index contributed by atoms with van der Waals surface area (Å²) in [5.41, 5.74) is 9.35. The van der Waals surface area contributed by atoms with Crippen LogP contribution in [0.3, 0.4) is 0 Å². The smallest absolute Gasteiger partial charge is 0.154 e. The molecule has 0 aliphatic heterocycles. The van der Waals surface area contributed by atoms with Gasteiger partial charge in [0.05, 0.1) is 23.0 Å². The van der Waals surface area contributed by atoms with Gasteiger partial charge in [-0.15, -0.1) is 0 Å². The van der Waals surface area contributed by atoms with Gasteiger partial charge in [0.2, 0.25) is 0 Å². The Morgan fingerprint density at radius 2 is 2.00 bits per heavy atom. The van der Waals surface area contributed by atoms with Crippen molar-refractivity contribution >= 4 is 17.2 Å². The molecule has 2 aromatic rings. The van der Waals surface area contributed by atoms with Crippen molar-refractivity contribution in [3.8, 4) is 6.07 Å². The van der Waals surface area contributed by atoms with Crippen molar-refractivity contribution in [2.24, 2.45) is 7.05 Å². The average molecular weight is 255 g/mol. The lowest BCUT2D eigenvalue weighted by Crippen LogP contribution is -2.15. The van der Waals surface area contributed by atoms with E-state index in [2.05, 4.69) is 11.2 Å². The second kappa shape index (κ2) is 5.02. The van der Waals surface area contributed by atoms with Crippen molar-refractivity contribution in [2.75, 3.05) is 17.7 Å². The van der Waals surface area contributed by atoms with Crippen LogP contribution in [0, 0.1) is 11.3 Å². The standard InChI is InChI=1S/C14H17N5/c1-4-12-13(16)14(19(3)17-12)18(2)11-7-5-10(9-15)6-8-11/h5-8H,4,16H2,1-3H3. The molecule has 1 aromatic heterocycles. The molecule has 0 unspecified atom stereocenters. The first-order valence-corrected chi connectivity index (χ1v) is 6.13. The van der Waals surface area contributed by atoms with Gasteiger partial charge in [-0.1, -0.05) is 6.92 Å². The summed E-state index contributed by atoms with van der Waals surface area (Å²) in [6.07, 6.45) is 0.806. The molecule has 0 amide bonds. The van der Waals surface area contributed by atoms with Gasteiger partial charge >= 0.3 is 0 Å². The van der Waals surface area contributed by atoms with E-state index >= 15 is 0 Å². The minimum absolute atomic E-state index is 0.643. The predicted molar refractivity (Wildman–Crippen MR) is 76.2 cm³/mol. The molecule has 0 bridgehead atoms. The number of rotatable bonds is 3. The summed E-state index contributed by atoms with van der Waals surface area (Å²) in [4.78, 5) is 1.97. The molecule has 0 fully saturated rings. The average Bonchev–Trinajstić information content (AvgIpc) is 2.72. The molecule has 19 heavy (non-hydrogen) atoms. The summed E-state index contributed by atoms with van der Waals surface area (Å²) < 4.78 is 1.78. The van der Waals surface area contributed by atoms with Gasteiger partial charge in [0.15, 0.2) is 5.82 Å². The van der Waals surface area contributed by atoms with Crippen molar-refractivity contribution in [2.45, 2.75) is 13.3 Å². The normalized spacial score (nSPS) is 10.2. The Bertz CT molecular complexity index is 619. The maximum Gasteiger partial charge on any atom is 0.154 e. The van der Waals surface area contributed by atoms with E-state index in [-0.39, 0.29) is 0 Å². The second-order valence-corrected chi connectivity index (χ2v) is 4.38. The molecule has 2 rings (SSSR count). The topological polar surface area (TPSA) is 70.9 Å². The highest BCUT2D eigenvalue weighted by Gasteiger charge is 2.16. The minimum Gasteiger partial charge on any atom is -0.394 e. The highest BCUT2D eigenvalue weighted by atomic mass is 15.4. The zero-order chi connectivity index (χ0) is 14.0. The monoisotopic (exact) mass is 255 g/mol. The van der Waals surface area contributed by atoms with E-state index in [4.69, 9.17) is 11.0 Å². The third-order valence-electron chi connectivity index (χ3n) is 3.17. The molecule has 0 atom stereocenters. The summed E-state index contributed by atoms with van der Waals surface area (Å²) in [6.45, 7) is 2.03. The van der Waals surface area contributed by atoms with E-state index in [9.17, 15) is 0 Å². The van der Waals surface area contributed by atoms with Crippen LogP contribution in [0.1, 0.15) is 18.2 Å². The second-order valence-electron chi connectivity index (χ2n) is 4.38. The van der Waals surface area contributed by atoms with Gasteiger partial charge in [0.1, 0.15) is 0 Å². The zero-order valence-electron chi connectivity index (χ0n) is 11.4. The SMILES string of the molecule is CCc1nn(C)c(N(C)c2ccc(C#N)cc2)c1N. The number of anilines is 3. The van der Waals surface area contributed by atoms with Crippen LogP contribution in [-0.2, 0) is 13.5 Å². The van der Waals surface area contributed by atoms with Gasteiger partial charge in [-0.05, 0) is 30.7 Å². The molecule has 0 radical (unpaired) electrons. The number of nitrogens with two attached hydrogens (primary N) is 1. The van der Waals surface area contributed by atoms with Crippen LogP contribution in [0.15, 0.2) is 24.3 Å². The van der Waals surface area contributed by atoms with Crippen LogP contribution in [0.2, 0.25) is 0 Å². The molecule has 1 heterocycles. The van der Waals surface area contributed by atoms with Crippen molar-refractivity contribution in [3.63, 3.8) is 0 Å². The summed E-state index contributed by atoms with van der Waals surface area (Å²) in [6, 6.07) is 9.49. The first-order chi connectivity index (χ1) is 9.08. The maximum atomic E-state index is 8.81. The third kappa shape index (κ3) is 2.25. The molecular formula is C14H17N5. The summed E-state index contributed by atoms with van der Waals surface area (Å²) in [5.74, 6) is 0.863. The lowest BCUT2D eigenvalue weighted by atomic mass is 10.2. The lowest BCUT2D eigenvalue weighted by Gasteiger charge is -2.20. The first-order valence-electron chi connectivity index (χ1n) is 6.13. The number of hydrogen-bond acceptors (Lipinski definition) is 4. The van der Waals surface area contributed by atoms with Crippen molar-refractivity contribution < 1.29 is 0 Å². The van der Waals surface area contributed by atoms with Crippen LogP contribution >= 0.6 is 0 Å². The van der Waals surface area contributed by atoms with Crippen molar-refractivity contribution in [3.05, 3.63) is 35.5 Å². The fraction of sp³-hybridized carbons (Fsp3) is 0.286. The third-order valence-corrected chi connectivity index (χ3v) is 3.17. The van der Waals surface area contributed by atoms with E-state index in [0.717, 1.165) is 23.6 Å². The molecule has 0 saturated carbocycles. The molecule has 98 valence electrons. The fourth-order valence-electron chi connectivity index (χ4n) is 2.13. The Labute approximate surface area is 112 Å². The summed E-state index contributed by atoms with van der Waals surface area (Å²) >= 11 is 0. The van der Waals surface area contributed by atoms with Crippen LogP contribution in [0.5, 0.6) is 0 Å². The Kier molecular flexibility index (Phi) is 3.43. The molecule has 0 aliphatic rings. The van der Waals surface area contributed by atoms with E-state index < -0.39 is 0 Å². The number of hydrogen-bond donors (Lipinski definition) is 1. The van der Waals surface area contributed by atoms with Gasteiger partial charge in [-0.25, -0.2) is 0 Å². The Hall–Kier alpha value is -2.48. The van der Waals surface area contributed by atoms with E-state index in [0.29, 0.717) is 11.3 Å². The molecule has 5 nitrogen and oxygen atoms in total. The number of nitriles is 1. The Morgan fingerprint density at radius 3 is 2.47 bits per heavy atom. The van der Waals surface area contributed by atoms with E-state index in [1.54, 1.807) is 16.8 Å². The molecule has 5 heteroatoms. The molecule has 2 N–H and O–H groups in total. The van der Waals surface area contributed by atoms with Crippen LogP contribution < -0.4 is 10.6 Å². The molecule has 0 saturated heterocycles. The predicted octanol–water partition coefficient (Wildman–Crippen LogP) is 2.20. The number of aromatic nitrogens is 2. The maximum absolute atomic E-state index is 8.81. The number of aryl methyl sites for hydroxylation is 2. The van der Waals surface area contributed by atoms with Crippen molar-refractivity contribution in [1.82, 2.24) is 9.78 Å². The number of nitrogens with zero attached hydrogens (tertiary/aromatic N) is 4. The molecule has 0 spiro atoms. The van der Waals surface area contributed by atoms with Crippen LogP contribution in [-0.4, -0.2) is 16.8 Å². The fourth-order valence-corrected chi connectivity index (χ4v) is 2.13. The van der Waals surface area contributed by atoms with Crippen LogP contribution in [0.4, 0.5) is 17.2 Å². The van der Waals surface area contributed by atoms with E-state index in [1.165, 1.54) is 0 Å². The Morgan fingerprint density at radius 1 is 1.37 bits per heavy atom. The van der Waals surface area contributed by atoms with Gasteiger partial charge in [-0.2, -0.15) is 10.4 Å². The summed E-state index contributed by atoms with van der Waals surface area (Å²) in [5, 5.41) is 13.2. The molecular weight excluding hydrogens is 238 g/mol. The number of nitrogen functional groups attached to an aromatic ring is 1. The zero-order valence-corrected chi connectivity index (χ0v) is 11.4. The van der Waals surface area contributed by atoms with Gasteiger partial charge in [0.25, 0.3) is 0 Å².